The van der Waals surface area contributed by atoms with Crippen molar-refractivity contribution in [3.8, 4) is 5.75 Å². The Hall–Kier alpha value is -2.95. The Kier molecular flexibility index (Phi) is 11.1. The van der Waals surface area contributed by atoms with Crippen LogP contribution in [-0.2, 0) is 23.9 Å². The lowest BCUT2D eigenvalue weighted by Crippen LogP contribution is -2.57. The minimum atomic E-state index is -1.08. The van der Waals surface area contributed by atoms with Crippen LogP contribution in [0.25, 0.3) is 0 Å². The van der Waals surface area contributed by atoms with Crippen LogP contribution in [0.5, 0.6) is 5.75 Å². The van der Waals surface area contributed by atoms with E-state index in [0.717, 1.165) is 6.42 Å². The molecule has 1 fully saturated rings. The highest BCUT2D eigenvalue weighted by molar-refractivity contribution is 7.98. The number of esters is 1. The van der Waals surface area contributed by atoms with Crippen LogP contribution in [-0.4, -0.2) is 77.2 Å². The van der Waals surface area contributed by atoms with E-state index in [1.165, 1.54) is 29.8 Å². The number of amides is 3. The fraction of sp³-hybridized carbons (Fsp3) is 0.615. The van der Waals surface area contributed by atoms with Gasteiger partial charge >= 0.3 is 12.1 Å². The zero-order chi connectivity index (χ0) is 27.8. The first kappa shape index (κ1) is 30.3. The Morgan fingerprint density at radius 3 is 2.41 bits per heavy atom. The first-order valence-electron chi connectivity index (χ1n) is 12.3. The van der Waals surface area contributed by atoms with Crippen molar-refractivity contribution in [2.75, 3.05) is 25.7 Å². The molecule has 2 rings (SSSR count). The molecule has 0 bridgehead atoms. The molecule has 1 aliphatic carbocycles. The molecule has 206 valence electrons. The minimum Gasteiger partial charge on any atom is -0.508 e. The average Bonchev–Trinajstić information content (AvgIpc) is 2.79. The van der Waals surface area contributed by atoms with Crippen molar-refractivity contribution in [3.05, 3.63) is 29.3 Å². The van der Waals surface area contributed by atoms with E-state index >= 15 is 0 Å². The molecule has 0 heterocycles. The summed E-state index contributed by atoms with van der Waals surface area (Å²) < 4.78 is 10.0. The largest absolute Gasteiger partial charge is 0.508 e. The molecule has 1 aromatic rings. The predicted octanol–water partition coefficient (Wildman–Crippen LogP) is 3.06. The molecule has 0 radical (unpaired) electrons. The molecule has 1 aliphatic rings. The van der Waals surface area contributed by atoms with Crippen molar-refractivity contribution in [2.24, 2.45) is 0 Å². The number of ether oxygens (including phenoxy) is 2. The van der Waals surface area contributed by atoms with E-state index in [9.17, 15) is 24.3 Å². The molecule has 11 heteroatoms. The second kappa shape index (κ2) is 13.6. The van der Waals surface area contributed by atoms with Gasteiger partial charge in [0.25, 0.3) is 0 Å². The van der Waals surface area contributed by atoms with Crippen LogP contribution in [0.1, 0.15) is 63.6 Å². The molecule has 2 atom stereocenters. The van der Waals surface area contributed by atoms with Gasteiger partial charge in [-0.05, 0) is 88.6 Å². The van der Waals surface area contributed by atoms with Crippen LogP contribution in [0.15, 0.2) is 18.2 Å². The van der Waals surface area contributed by atoms with Gasteiger partial charge < -0.3 is 30.1 Å². The van der Waals surface area contributed by atoms with Gasteiger partial charge in [0.15, 0.2) is 0 Å². The third kappa shape index (κ3) is 8.84. The molecule has 0 aliphatic heterocycles. The Morgan fingerprint density at radius 1 is 1.22 bits per heavy atom. The van der Waals surface area contributed by atoms with E-state index < -0.39 is 41.6 Å². The smallest absolute Gasteiger partial charge is 0.408 e. The summed E-state index contributed by atoms with van der Waals surface area (Å²) in [6.07, 6.45) is 3.83. The molecule has 10 nitrogen and oxygen atoms in total. The van der Waals surface area contributed by atoms with Gasteiger partial charge in [0.2, 0.25) is 11.8 Å². The van der Waals surface area contributed by atoms with Crippen LogP contribution < -0.4 is 10.6 Å². The van der Waals surface area contributed by atoms with E-state index in [-0.39, 0.29) is 18.3 Å². The number of aromatic hydroxyl groups is 1. The maximum atomic E-state index is 14.1. The Morgan fingerprint density at radius 2 is 1.89 bits per heavy atom. The summed E-state index contributed by atoms with van der Waals surface area (Å²) in [5.41, 5.74) is 0.277. The number of nitrogens with zero attached hydrogens (tertiary/aromatic N) is 1. The van der Waals surface area contributed by atoms with E-state index in [1.54, 1.807) is 39.8 Å². The van der Waals surface area contributed by atoms with Crippen molar-refractivity contribution >= 4 is 35.6 Å². The zero-order valence-corrected chi connectivity index (χ0v) is 23.3. The zero-order valence-electron chi connectivity index (χ0n) is 22.5. The number of phenolic OH excluding ortho intramolecular Hbond substituents is 1. The Labute approximate surface area is 222 Å². The van der Waals surface area contributed by atoms with Crippen molar-refractivity contribution in [3.63, 3.8) is 0 Å². The van der Waals surface area contributed by atoms with Gasteiger partial charge in [-0.2, -0.15) is 11.8 Å². The Balaban J connectivity index is 2.48. The van der Waals surface area contributed by atoms with Gasteiger partial charge in [-0.25, -0.2) is 4.79 Å². The van der Waals surface area contributed by atoms with Crippen molar-refractivity contribution in [1.29, 1.82) is 0 Å². The second-order valence-electron chi connectivity index (χ2n) is 10.1. The number of hydrogen-bond donors (Lipinski definition) is 3. The molecule has 0 saturated heterocycles. The summed E-state index contributed by atoms with van der Waals surface area (Å²) in [5, 5.41) is 15.3. The number of methoxy groups -OCH3 is 1. The SMILES string of the molecule is COC(=O)CNC(=O)C(c1ccc(O)c(C)c1)N(C(=O)C(CCSC)NC(=O)OC(C)(C)C)C1CCC1. The molecule has 1 aromatic carbocycles. The number of alkyl carbamates (subject to hydrolysis) is 1. The maximum absolute atomic E-state index is 14.1. The second-order valence-corrected chi connectivity index (χ2v) is 11.0. The topological polar surface area (TPSA) is 134 Å². The molecular formula is C26H39N3O7S. The van der Waals surface area contributed by atoms with Gasteiger partial charge in [-0.3, -0.25) is 14.4 Å². The number of carbonyl (C=O) groups excluding carboxylic acids is 4. The molecule has 0 spiro atoms. The number of rotatable bonds is 11. The van der Waals surface area contributed by atoms with Crippen molar-refractivity contribution in [1.82, 2.24) is 15.5 Å². The summed E-state index contributed by atoms with van der Waals surface area (Å²) in [7, 11) is 1.22. The molecule has 0 aromatic heterocycles. The summed E-state index contributed by atoms with van der Waals surface area (Å²) in [6, 6.07) is 2.47. The standard InChI is InChI=1S/C26H39N3O7S/c1-16-14-17(10-11-20(16)30)22(23(32)27-15-21(31)35-5)29(18-8-7-9-18)24(33)19(12-13-37-6)28-25(34)36-26(2,3)4/h10-11,14,18-19,22,30H,7-9,12-13,15H2,1-6H3,(H,27,32)(H,28,34). The van der Waals surface area contributed by atoms with Crippen LogP contribution in [0.2, 0.25) is 0 Å². The normalized spacial score (nSPS) is 15.1. The molecule has 2 unspecified atom stereocenters. The Bertz CT molecular complexity index is 975. The summed E-state index contributed by atoms with van der Waals surface area (Å²) >= 11 is 1.53. The highest BCUT2D eigenvalue weighted by atomic mass is 32.2. The minimum absolute atomic E-state index is 0.0587. The molecule has 3 N–H and O–H groups in total. The number of thioether (sulfide) groups is 1. The first-order chi connectivity index (χ1) is 17.4. The average molecular weight is 538 g/mol. The van der Waals surface area contributed by atoms with E-state index in [0.29, 0.717) is 36.1 Å². The molecule has 3 amide bonds. The van der Waals surface area contributed by atoms with Gasteiger partial charge in [-0.15, -0.1) is 0 Å². The van der Waals surface area contributed by atoms with Gasteiger partial charge in [-0.1, -0.05) is 6.07 Å². The van der Waals surface area contributed by atoms with Crippen molar-refractivity contribution in [2.45, 2.75) is 77.1 Å². The lowest BCUT2D eigenvalue weighted by molar-refractivity contribution is -0.148. The quantitative estimate of drug-likeness (QED) is 0.367. The number of nitrogens with one attached hydrogen (secondary N) is 2. The van der Waals surface area contributed by atoms with Gasteiger partial charge in [0.05, 0.1) is 7.11 Å². The predicted molar refractivity (Wildman–Crippen MR) is 141 cm³/mol. The fourth-order valence-corrected chi connectivity index (χ4v) is 4.39. The van der Waals surface area contributed by atoms with Crippen LogP contribution in [0.4, 0.5) is 4.79 Å². The number of benzene rings is 1. The summed E-state index contributed by atoms with van der Waals surface area (Å²) in [6.45, 7) is 6.55. The number of aryl methyl sites for hydroxylation is 1. The van der Waals surface area contributed by atoms with Crippen molar-refractivity contribution < 1.29 is 33.8 Å². The third-order valence-electron chi connectivity index (χ3n) is 6.02. The highest BCUT2D eigenvalue weighted by Crippen LogP contribution is 2.35. The number of phenols is 1. The third-order valence-corrected chi connectivity index (χ3v) is 6.66. The van der Waals surface area contributed by atoms with Gasteiger partial charge in [0.1, 0.15) is 30.0 Å². The summed E-state index contributed by atoms with van der Waals surface area (Å²) in [4.78, 5) is 53.4. The summed E-state index contributed by atoms with van der Waals surface area (Å²) in [5.74, 6) is -0.934. The van der Waals surface area contributed by atoms with E-state index in [1.807, 2.05) is 6.26 Å². The fourth-order valence-electron chi connectivity index (χ4n) is 3.92. The van der Waals surface area contributed by atoms with E-state index in [4.69, 9.17) is 4.74 Å². The van der Waals surface area contributed by atoms with Crippen LogP contribution in [0, 0.1) is 6.92 Å². The van der Waals surface area contributed by atoms with Crippen LogP contribution >= 0.6 is 11.8 Å². The van der Waals surface area contributed by atoms with Gasteiger partial charge in [0, 0.05) is 6.04 Å². The van der Waals surface area contributed by atoms with E-state index in [2.05, 4.69) is 15.4 Å². The lowest BCUT2D eigenvalue weighted by atomic mass is 9.87. The highest BCUT2D eigenvalue weighted by Gasteiger charge is 2.42. The first-order valence-corrected chi connectivity index (χ1v) is 13.7. The monoisotopic (exact) mass is 537 g/mol. The molecular weight excluding hydrogens is 498 g/mol. The molecule has 1 saturated carbocycles. The lowest BCUT2D eigenvalue weighted by Gasteiger charge is -2.43. The van der Waals surface area contributed by atoms with Crippen LogP contribution in [0.3, 0.4) is 0 Å². The molecule has 37 heavy (non-hydrogen) atoms. The number of carbonyl (C=O) groups is 4. The number of hydrogen-bond acceptors (Lipinski definition) is 8. The maximum Gasteiger partial charge on any atom is 0.408 e.